The summed E-state index contributed by atoms with van der Waals surface area (Å²) in [5.74, 6) is 0. The van der Waals surface area contributed by atoms with Crippen LogP contribution in [0.3, 0.4) is 0 Å². The topological polar surface area (TPSA) is 77.4 Å². The van der Waals surface area contributed by atoms with Crippen molar-refractivity contribution in [2.45, 2.75) is 49.8 Å². The van der Waals surface area contributed by atoms with Crippen molar-refractivity contribution in [3.8, 4) is 0 Å². The van der Waals surface area contributed by atoms with Gasteiger partial charge in [-0.15, -0.1) is 13.2 Å². The second-order valence-corrected chi connectivity index (χ2v) is 7.68. The predicted octanol–water partition coefficient (Wildman–Crippen LogP) is 3.04. The smallest absolute Gasteiger partial charge is 0.116 e. The Balaban J connectivity index is 1.84. The maximum atomic E-state index is 11.1. The Morgan fingerprint density at radius 1 is 0.594 bits per heavy atom. The number of hydrogen-bond acceptors (Lipinski definition) is 6. The lowest BCUT2D eigenvalue weighted by molar-refractivity contribution is -0.266. The van der Waals surface area contributed by atoms with Crippen LogP contribution in [0.1, 0.15) is 11.1 Å². The molecule has 6 heteroatoms. The molecule has 2 aromatic rings. The Hall–Kier alpha value is -2.32. The molecule has 1 fully saturated rings. The van der Waals surface area contributed by atoms with Crippen LogP contribution in [-0.4, -0.2) is 60.1 Å². The first-order valence-electron chi connectivity index (χ1n) is 10.8. The highest BCUT2D eigenvalue weighted by Gasteiger charge is 2.52. The van der Waals surface area contributed by atoms with Crippen molar-refractivity contribution in [1.29, 1.82) is 0 Å². The lowest BCUT2D eigenvalue weighted by Crippen LogP contribution is -2.66. The van der Waals surface area contributed by atoms with Crippen LogP contribution in [0, 0.1) is 0 Å². The van der Waals surface area contributed by atoms with Crippen molar-refractivity contribution in [2.24, 2.45) is 0 Å². The van der Waals surface area contributed by atoms with Gasteiger partial charge in [-0.3, -0.25) is 0 Å². The van der Waals surface area contributed by atoms with Crippen LogP contribution in [0.5, 0.6) is 0 Å². The minimum Gasteiger partial charge on any atom is -0.387 e. The molecule has 0 spiro atoms. The van der Waals surface area contributed by atoms with Gasteiger partial charge in [0.25, 0.3) is 0 Å². The van der Waals surface area contributed by atoms with E-state index >= 15 is 0 Å². The third kappa shape index (κ3) is 6.36. The van der Waals surface area contributed by atoms with Gasteiger partial charge in [0.15, 0.2) is 0 Å². The summed E-state index contributed by atoms with van der Waals surface area (Å²) in [5.41, 5.74) is 1.92. The summed E-state index contributed by atoms with van der Waals surface area (Å²) in [4.78, 5) is 0. The van der Waals surface area contributed by atoms with Crippen LogP contribution in [0.15, 0.2) is 86.0 Å². The standard InChI is InChI=1S/C26H32O6/c1-3-15-29-23-21(27)24(30-16-4-2)26(32-18-20-13-9-6-10-14-20)25(22(23)28)31-17-19-11-7-5-8-12-19/h3-14,21-28H,1-2,15-18H2/t21-,22+,23-,24+,25+,26-/m1/s1. The van der Waals surface area contributed by atoms with Crippen LogP contribution in [0.2, 0.25) is 0 Å². The normalized spacial score (nSPS) is 27.7. The third-order valence-electron chi connectivity index (χ3n) is 5.38. The van der Waals surface area contributed by atoms with Gasteiger partial charge >= 0.3 is 0 Å². The summed E-state index contributed by atoms with van der Waals surface area (Å²) in [5, 5.41) is 22.1. The first kappa shape index (κ1) is 24.3. The van der Waals surface area contributed by atoms with Gasteiger partial charge in [-0.05, 0) is 11.1 Å². The van der Waals surface area contributed by atoms with Crippen molar-refractivity contribution < 1.29 is 29.2 Å². The Bertz CT molecular complexity index is 812. The van der Waals surface area contributed by atoms with Crippen LogP contribution in [-0.2, 0) is 32.2 Å². The zero-order chi connectivity index (χ0) is 22.8. The van der Waals surface area contributed by atoms with Crippen LogP contribution in [0.4, 0.5) is 0 Å². The molecule has 2 aromatic carbocycles. The largest absolute Gasteiger partial charge is 0.387 e. The highest BCUT2D eigenvalue weighted by Crippen LogP contribution is 2.31. The van der Waals surface area contributed by atoms with E-state index in [-0.39, 0.29) is 26.4 Å². The molecule has 3 rings (SSSR count). The molecule has 0 bridgehead atoms. The molecule has 0 aromatic heterocycles. The lowest BCUT2D eigenvalue weighted by atomic mass is 9.84. The molecular formula is C26H32O6. The Labute approximate surface area is 189 Å². The molecule has 0 aliphatic heterocycles. The summed E-state index contributed by atoms with van der Waals surface area (Å²) in [6.45, 7) is 8.28. The van der Waals surface area contributed by atoms with E-state index in [1.807, 2.05) is 60.7 Å². The highest BCUT2D eigenvalue weighted by atomic mass is 16.6. The van der Waals surface area contributed by atoms with Crippen LogP contribution in [0.25, 0.3) is 0 Å². The zero-order valence-corrected chi connectivity index (χ0v) is 18.2. The van der Waals surface area contributed by atoms with Crippen molar-refractivity contribution in [1.82, 2.24) is 0 Å². The van der Waals surface area contributed by atoms with E-state index in [0.29, 0.717) is 0 Å². The van der Waals surface area contributed by atoms with Crippen molar-refractivity contribution in [3.05, 3.63) is 97.1 Å². The van der Waals surface area contributed by atoms with E-state index in [0.717, 1.165) is 11.1 Å². The molecule has 0 unspecified atom stereocenters. The number of ether oxygens (including phenoxy) is 4. The van der Waals surface area contributed by atoms with Gasteiger partial charge in [-0.2, -0.15) is 0 Å². The number of aliphatic hydroxyl groups excluding tert-OH is 2. The number of aliphatic hydroxyl groups is 2. The first-order valence-corrected chi connectivity index (χ1v) is 10.8. The Morgan fingerprint density at radius 3 is 1.47 bits per heavy atom. The molecule has 0 heterocycles. The molecular weight excluding hydrogens is 408 g/mol. The van der Waals surface area contributed by atoms with Gasteiger partial charge in [-0.25, -0.2) is 0 Å². The molecule has 2 N–H and O–H groups in total. The molecule has 172 valence electrons. The fourth-order valence-electron chi connectivity index (χ4n) is 3.82. The molecule has 32 heavy (non-hydrogen) atoms. The molecule has 0 amide bonds. The minimum absolute atomic E-state index is 0.175. The van der Waals surface area contributed by atoms with Gasteiger partial charge < -0.3 is 29.2 Å². The SMILES string of the molecule is C=CCO[C@@H]1[C@@H](O)[C@H](OCC=C)[C@@H](OCc2ccccc2)[C@@H](OCc2ccccc2)[C@H]1O. The van der Waals surface area contributed by atoms with Gasteiger partial charge in [-0.1, -0.05) is 72.8 Å². The van der Waals surface area contributed by atoms with Crippen LogP contribution >= 0.6 is 0 Å². The second-order valence-electron chi connectivity index (χ2n) is 7.68. The predicted molar refractivity (Wildman–Crippen MR) is 122 cm³/mol. The lowest BCUT2D eigenvalue weighted by Gasteiger charge is -2.46. The van der Waals surface area contributed by atoms with E-state index in [2.05, 4.69) is 13.2 Å². The zero-order valence-electron chi connectivity index (χ0n) is 18.2. The monoisotopic (exact) mass is 440 g/mol. The molecule has 0 saturated heterocycles. The average molecular weight is 441 g/mol. The fraction of sp³-hybridized carbons (Fsp3) is 0.385. The molecule has 6 nitrogen and oxygen atoms in total. The second kappa shape index (κ2) is 12.6. The van der Waals surface area contributed by atoms with E-state index < -0.39 is 36.6 Å². The highest BCUT2D eigenvalue weighted by molar-refractivity contribution is 5.15. The van der Waals surface area contributed by atoms with E-state index in [1.165, 1.54) is 0 Å². The molecule has 1 aliphatic rings. The van der Waals surface area contributed by atoms with Crippen molar-refractivity contribution in [3.63, 3.8) is 0 Å². The molecule has 1 saturated carbocycles. The number of rotatable bonds is 12. The Kier molecular flexibility index (Phi) is 9.62. The van der Waals surface area contributed by atoms with Gasteiger partial charge in [0, 0.05) is 0 Å². The number of hydrogen-bond donors (Lipinski definition) is 2. The quantitative estimate of drug-likeness (QED) is 0.494. The van der Waals surface area contributed by atoms with Gasteiger partial charge in [0.05, 0.1) is 26.4 Å². The molecule has 1 aliphatic carbocycles. The summed E-state index contributed by atoms with van der Waals surface area (Å²) in [7, 11) is 0. The molecule has 6 atom stereocenters. The van der Waals surface area contributed by atoms with Gasteiger partial charge in [0.1, 0.15) is 36.6 Å². The van der Waals surface area contributed by atoms with Crippen molar-refractivity contribution in [2.75, 3.05) is 13.2 Å². The Morgan fingerprint density at radius 2 is 1.00 bits per heavy atom. The minimum atomic E-state index is -1.13. The summed E-state index contributed by atoms with van der Waals surface area (Å²) < 4.78 is 23.9. The fourth-order valence-corrected chi connectivity index (χ4v) is 3.82. The summed E-state index contributed by atoms with van der Waals surface area (Å²) >= 11 is 0. The maximum Gasteiger partial charge on any atom is 0.116 e. The van der Waals surface area contributed by atoms with E-state index in [1.54, 1.807) is 12.2 Å². The third-order valence-corrected chi connectivity index (χ3v) is 5.38. The maximum absolute atomic E-state index is 11.1. The average Bonchev–Trinajstić information content (AvgIpc) is 2.83. The van der Waals surface area contributed by atoms with Crippen LogP contribution < -0.4 is 0 Å². The first-order chi connectivity index (χ1) is 15.7. The van der Waals surface area contributed by atoms with E-state index in [4.69, 9.17) is 18.9 Å². The van der Waals surface area contributed by atoms with Gasteiger partial charge in [0.2, 0.25) is 0 Å². The molecule has 0 radical (unpaired) electrons. The van der Waals surface area contributed by atoms with Crippen molar-refractivity contribution >= 4 is 0 Å². The van der Waals surface area contributed by atoms with E-state index in [9.17, 15) is 10.2 Å². The number of benzene rings is 2. The summed E-state index contributed by atoms with van der Waals surface area (Å²) in [6, 6.07) is 19.4. The summed E-state index contributed by atoms with van der Waals surface area (Å²) in [6.07, 6.45) is -2.29.